The van der Waals surface area contributed by atoms with Gasteiger partial charge in [-0.2, -0.15) is 0 Å². The Labute approximate surface area is 153 Å². The SMILES string of the molecule is Cc1cccc2cc3c(N)c(-c4nnc(-c5ccccc5)o4)sc3nc12. The third kappa shape index (κ3) is 2.27. The molecule has 0 saturated heterocycles. The van der Waals surface area contributed by atoms with Crippen LogP contribution in [0.25, 0.3) is 43.3 Å². The highest BCUT2D eigenvalue weighted by atomic mass is 32.1. The van der Waals surface area contributed by atoms with Crippen molar-refractivity contribution in [3.63, 3.8) is 0 Å². The molecule has 0 amide bonds. The molecule has 0 spiro atoms. The zero-order valence-electron chi connectivity index (χ0n) is 13.9. The molecule has 0 unspecified atom stereocenters. The zero-order valence-corrected chi connectivity index (χ0v) is 14.7. The number of pyridine rings is 1. The van der Waals surface area contributed by atoms with Crippen LogP contribution >= 0.6 is 11.3 Å². The average Bonchev–Trinajstić information content (AvgIpc) is 3.27. The van der Waals surface area contributed by atoms with Crippen LogP contribution in [-0.2, 0) is 0 Å². The van der Waals surface area contributed by atoms with E-state index in [-0.39, 0.29) is 0 Å². The Hall–Kier alpha value is -3.25. The number of fused-ring (bicyclic) bond motifs is 2. The average molecular weight is 358 g/mol. The van der Waals surface area contributed by atoms with E-state index < -0.39 is 0 Å². The van der Waals surface area contributed by atoms with Gasteiger partial charge in [0.15, 0.2) is 0 Å². The van der Waals surface area contributed by atoms with Crippen molar-refractivity contribution >= 4 is 38.1 Å². The first kappa shape index (κ1) is 15.0. The summed E-state index contributed by atoms with van der Waals surface area (Å²) in [4.78, 5) is 6.43. The smallest absolute Gasteiger partial charge is 0.260 e. The number of anilines is 1. The van der Waals surface area contributed by atoms with Crippen LogP contribution in [0, 0.1) is 6.92 Å². The summed E-state index contributed by atoms with van der Waals surface area (Å²) in [6.07, 6.45) is 0. The Kier molecular flexibility index (Phi) is 3.26. The third-order valence-corrected chi connectivity index (χ3v) is 5.49. The van der Waals surface area contributed by atoms with Crippen LogP contribution < -0.4 is 5.73 Å². The van der Waals surface area contributed by atoms with Gasteiger partial charge >= 0.3 is 0 Å². The maximum Gasteiger partial charge on any atom is 0.260 e. The van der Waals surface area contributed by atoms with Gasteiger partial charge in [-0.15, -0.1) is 21.5 Å². The van der Waals surface area contributed by atoms with Crippen LogP contribution in [0.15, 0.2) is 59.0 Å². The van der Waals surface area contributed by atoms with Crippen molar-refractivity contribution in [1.29, 1.82) is 0 Å². The number of aryl methyl sites for hydroxylation is 1. The third-order valence-electron chi connectivity index (χ3n) is 4.39. The minimum Gasteiger partial charge on any atom is -0.415 e. The Morgan fingerprint density at radius 1 is 0.962 bits per heavy atom. The quantitative estimate of drug-likeness (QED) is 0.477. The number of hydrogen-bond acceptors (Lipinski definition) is 6. The monoisotopic (exact) mass is 358 g/mol. The molecule has 3 heterocycles. The lowest BCUT2D eigenvalue weighted by Gasteiger charge is -2.01. The van der Waals surface area contributed by atoms with Crippen LogP contribution in [0.1, 0.15) is 5.56 Å². The van der Waals surface area contributed by atoms with Crippen molar-refractivity contribution in [2.24, 2.45) is 0 Å². The number of nitrogens with two attached hydrogens (primary N) is 1. The van der Waals surface area contributed by atoms with Gasteiger partial charge in [-0.3, -0.25) is 0 Å². The maximum atomic E-state index is 6.39. The summed E-state index contributed by atoms with van der Waals surface area (Å²) >= 11 is 1.48. The first-order valence-corrected chi connectivity index (χ1v) is 9.00. The van der Waals surface area contributed by atoms with E-state index in [9.17, 15) is 0 Å². The van der Waals surface area contributed by atoms with Gasteiger partial charge in [-0.05, 0) is 30.7 Å². The van der Waals surface area contributed by atoms with E-state index in [1.54, 1.807) is 0 Å². The predicted octanol–water partition coefficient (Wildman–Crippen LogP) is 5.06. The van der Waals surface area contributed by atoms with Crippen LogP contribution in [0.5, 0.6) is 0 Å². The van der Waals surface area contributed by atoms with Crippen molar-refractivity contribution in [3.8, 4) is 22.2 Å². The molecule has 0 bridgehead atoms. The number of hydrogen-bond donors (Lipinski definition) is 1. The first-order chi connectivity index (χ1) is 12.7. The van der Waals surface area contributed by atoms with E-state index in [0.717, 1.165) is 37.1 Å². The van der Waals surface area contributed by atoms with E-state index in [1.165, 1.54) is 11.3 Å². The molecule has 26 heavy (non-hydrogen) atoms. The van der Waals surface area contributed by atoms with Crippen LogP contribution in [0.4, 0.5) is 5.69 Å². The van der Waals surface area contributed by atoms with Gasteiger partial charge in [-0.25, -0.2) is 4.98 Å². The highest BCUT2D eigenvalue weighted by Crippen LogP contribution is 2.41. The second kappa shape index (κ2) is 5.64. The van der Waals surface area contributed by atoms with Crippen molar-refractivity contribution in [3.05, 3.63) is 60.2 Å². The van der Waals surface area contributed by atoms with E-state index in [1.807, 2.05) is 42.5 Å². The molecular weight excluding hydrogens is 344 g/mol. The van der Waals surface area contributed by atoms with Crippen LogP contribution in [0.3, 0.4) is 0 Å². The number of thiophene rings is 1. The number of benzene rings is 2. The Morgan fingerprint density at radius 3 is 2.62 bits per heavy atom. The summed E-state index contributed by atoms with van der Waals surface area (Å²) < 4.78 is 5.87. The van der Waals surface area contributed by atoms with Gasteiger partial charge in [0.2, 0.25) is 5.89 Å². The van der Waals surface area contributed by atoms with E-state index in [2.05, 4.69) is 29.3 Å². The van der Waals surface area contributed by atoms with Crippen molar-refractivity contribution < 1.29 is 4.42 Å². The summed E-state index contributed by atoms with van der Waals surface area (Å²) in [5.74, 6) is 0.900. The number of rotatable bonds is 2. The predicted molar refractivity (Wildman–Crippen MR) is 105 cm³/mol. The highest BCUT2D eigenvalue weighted by Gasteiger charge is 2.19. The molecule has 0 fully saturated rings. The molecule has 0 saturated carbocycles. The maximum absolute atomic E-state index is 6.39. The van der Waals surface area contributed by atoms with Gasteiger partial charge in [0.1, 0.15) is 9.71 Å². The Bertz CT molecular complexity index is 1260. The summed E-state index contributed by atoms with van der Waals surface area (Å²) in [5.41, 5.74) is 10.0. The number of para-hydroxylation sites is 1. The summed E-state index contributed by atoms with van der Waals surface area (Å²) in [6.45, 7) is 2.06. The van der Waals surface area contributed by atoms with Gasteiger partial charge < -0.3 is 10.2 Å². The second-order valence-corrected chi connectivity index (χ2v) is 7.11. The molecule has 0 aliphatic heterocycles. The fraction of sp³-hybridized carbons (Fsp3) is 0.0500. The first-order valence-electron chi connectivity index (χ1n) is 8.18. The molecule has 0 atom stereocenters. The standard InChI is InChI=1S/C20H14N4OS/c1-11-6-5-9-13-10-14-15(21)17(26-20(14)22-16(11)13)19-24-23-18(25-19)12-7-3-2-4-8-12/h2-10H,21H2,1H3. The molecule has 2 aromatic carbocycles. The van der Waals surface area contributed by atoms with Crippen molar-refractivity contribution in [2.45, 2.75) is 6.92 Å². The van der Waals surface area contributed by atoms with Gasteiger partial charge in [-0.1, -0.05) is 36.4 Å². The van der Waals surface area contributed by atoms with Gasteiger partial charge in [0.25, 0.3) is 5.89 Å². The largest absolute Gasteiger partial charge is 0.415 e. The lowest BCUT2D eigenvalue weighted by Crippen LogP contribution is -1.87. The summed E-state index contributed by atoms with van der Waals surface area (Å²) in [6, 6.07) is 17.9. The number of aromatic nitrogens is 3. The molecule has 5 aromatic rings. The Morgan fingerprint density at radius 2 is 1.77 bits per heavy atom. The minimum atomic E-state index is 0.421. The zero-order chi connectivity index (χ0) is 17.7. The summed E-state index contributed by atoms with van der Waals surface area (Å²) in [5, 5.41) is 10.3. The molecule has 3 aromatic heterocycles. The Balaban J connectivity index is 1.68. The van der Waals surface area contributed by atoms with E-state index in [0.29, 0.717) is 17.5 Å². The molecule has 0 radical (unpaired) electrons. The number of nitrogens with zero attached hydrogens (tertiary/aromatic N) is 3. The number of nitrogen functional groups attached to an aromatic ring is 1. The van der Waals surface area contributed by atoms with E-state index in [4.69, 9.17) is 15.1 Å². The molecule has 0 aliphatic carbocycles. The van der Waals surface area contributed by atoms with Crippen molar-refractivity contribution in [2.75, 3.05) is 5.73 Å². The minimum absolute atomic E-state index is 0.421. The highest BCUT2D eigenvalue weighted by molar-refractivity contribution is 7.22. The van der Waals surface area contributed by atoms with E-state index >= 15 is 0 Å². The molecule has 5 rings (SSSR count). The summed E-state index contributed by atoms with van der Waals surface area (Å²) in [7, 11) is 0. The topological polar surface area (TPSA) is 77.8 Å². The van der Waals surface area contributed by atoms with Gasteiger partial charge in [0, 0.05) is 16.3 Å². The fourth-order valence-electron chi connectivity index (χ4n) is 3.05. The lowest BCUT2D eigenvalue weighted by atomic mass is 10.1. The molecule has 5 nitrogen and oxygen atoms in total. The van der Waals surface area contributed by atoms with Crippen LogP contribution in [-0.4, -0.2) is 15.2 Å². The normalized spacial score (nSPS) is 11.4. The molecule has 6 heteroatoms. The molecule has 2 N–H and O–H groups in total. The van der Waals surface area contributed by atoms with Crippen LogP contribution in [0.2, 0.25) is 0 Å². The molecule has 126 valence electrons. The molecular formula is C20H14N4OS. The fourth-order valence-corrected chi connectivity index (χ4v) is 4.04. The molecule has 0 aliphatic rings. The second-order valence-electron chi connectivity index (χ2n) is 6.11. The van der Waals surface area contributed by atoms with Crippen molar-refractivity contribution in [1.82, 2.24) is 15.2 Å². The lowest BCUT2D eigenvalue weighted by molar-refractivity contribution is 0.586. The van der Waals surface area contributed by atoms with Gasteiger partial charge in [0.05, 0.1) is 11.2 Å².